The zero-order valence-corrected chi connectivity index (χ0v) is 15.9. The Labute approximate surface area is 163 Å². The number of piperidine rings is 1. The highest BCUT2D eigenvalue weighted by Gasteiger charge is 2.24. The fourth-order valence-corrected chi connectivity index (χ4v) is 3.37. The third kappa shape index (κ3) is 6.03. The van der Waals surface area contributed by atoms with Crippen molar-refractivity contribution in [1.82, 2.24) is 10.2 Å². The van der Waals surface area contributed by atoms with Gasteiger partial charge in [-0.3, -0.25) is 4.79 Å². The van der Waals surface area contributed by atoms with E-state index in [-0.39, 0.29) is 11.9 Å². The van der Waals surface area contributed by atoms with Crippen LogP contribution in [0.5, 0.6) is 0 Å². The van der Waals surface area contributed by atoms with E-state index in [2.05, 4.69) is 10.6 Å². The predicted octanol–water partition coefficient (Wildman–Crippen LogP) is 4.27. The molecule has 27 heavy (non-hydrogen) atoms. The van der Waals surface area contributed by atoms with E-state index in [4.69, 9.17) is 16.0 Å². The van der Waals surface area contributed by atoms with Crippen LogP contribution in [-0.4, -0.2) is 29.9 Å². The molecule has 0 spiro atoms. The highest BCUT2D eigenvalue weighted by Crippen LogP contribution is 2.22. The second kappa shape index (κ2) is 9.46. The summed E-state index contributed by atoms with van der Waals surface area (Å²) < 4.78 is 5.20. The Morgan fingerprint density at radius 3 is 2.78 bits per heavy atom. The van der Waals surface area contributed by atoms with E-state index in [1.165, 1.54) is 0 Å². The second-order valence-electron chi connectivity index (χ2n) is 6.79. The first-order valence-corrected chi connectivity index (χ1v) is 9.58. The number of likely N-dealkylation sites (tertiary alicyclic amines) is 1. The van der Waals surface area contributed by atoms with Crippen LogP contribution in [0.3, 0.4) is 0 Å². The van der Waals surface area contributed by atoms with Gasteiger partial charge in [-0.1, -0.05) is 11.6 Å². The number of benzene rings is 1. The molecule has 1 unspecified atom stereocenters. The lowest BCUT2D eigenvalue weighted by Gasteiger charge is -2.32. The minimum absolute atomic E-state index is 0.00846. The minimum Gasteiger partial charge on any atom is -0.467 e. The SMILES string of the molecule is O=C(CCC1CCCN(C(=O)Nc2ccc(Cl)cc2)C1)NCc1ccco1. The number of hydrogen-bond donors (Lipinski definition) is 2. The summed E-state index contributed by atoms with van der Waals surface area (Å²) >= 11 is 5.87. The molecule has 2 aromatic rings. The lowest BCUT2D eigenvalue weighted by Crippen LogP contribution is -2.42. The summed E-state index contributed by atoms with van der Waals surface area (Å²) in [6.07, 6.45) is 4.81. The van der Waals surface area contributed by atoms with Crippen molar-refractivity contribution < 1.29 is 14.0 Å². The number of furan rings is 1. The van der Waals surface area contributed by atoms with E-state index in [1.54, 1.807) is 36.6 Å². The third-order valence-electron chi connectivity index (χ3n) is 4.72. The van der Waals surface area contributed by atoms with Crippen molar-refractivity contribution in [2.24, 2.45) is 5.92 Å². The second-order valence-corrected chi connectivity index (χ2v) is 7.22. The molecule has 144 valence electrons. The first-order chi connectivity index (χ1) is 13.1. The van der Waals surface area contributed by atoms with Crippen LogP contribution in [-0.2, 0) is 11.3 Å². The lowest BCUT2D eigenvalue weighted by atomic mass is 9.93. The number of anilines is 1. The van der Waals surface area contributed by atoms with Gasteiger partial charge in [0.25, 0.3) is 0 Å². The van der Waals surface area contributed by atoms with Crippen LogP contribution in [0.4, 0.5) is 10.5 Å². The molecule has 1 aliphatic rings. The Hall–Kier alpha value is -2.47. The summed E-state index contributed by atoms with van der Waals surface area (Å²) in [7, 11) is 0. The van der Waals surface area contributed by atoms with Crippen LogP contribution < -0.4 is 10.6 Å². The molecule has 1 aromatic carbocycles. The van der Waals surface area contributed by atoms with Crippen molar-refractivity contribution in [2.45, 2.75) is 32.2 Å². The highest BCUT2D eigenvalue weighted by molar-refractivity contribution is 6.30. The average Bonchev–Trinajstić information content (AvgIpc) is 3.20. The maximum Gasteiger partial charge on any atom is 0.321 e. The monoisotopic (exact) mass is 389 g/mol. The number of rotatable bonds is 6. The van der Waals surface area contributed by atoms with E-state index in [9.17, 15) is 9.59 Å². The molecular formula is C20H24ClN3O3. The van der Waals surface area contributed by atoms with Crippen molar-refractivity contribution in [3.63, 3.8) is 0 Å². The summed E-state index contributed by atoms with van der Waals surface area (Å²) in [4.78, 5) is 26.3. The number of amides is 3. The number of carbonyl (C=O) groups is 2. The van der Waals surface area contributed by atoms with E-state index in [0.29, 0.717) is 30.5 Å². The Bertz CT molecular complexity index is 746. The molecule has 0 saturated carbocycles. The van der Waals surface area contributed by atoms with E-state index in [0.717, 1.165) is 37.3 Å². The average molecular weight is 390 g/mol. The number of nitrogens with one attached hydrogen (secondary N) is 2. The van der Waals surface area contributed by atoms with Gasteiger partial charge in [0, 0.05) is 30.2 Å². The van der Waals surface area contributed by atoms with Gasteiger partial charge in [0.05, 0.1) is 12.8 Å². The van der Waals surface area contributed by atoms with Crippen LogP contribution in [0.25, 0.3) is 0 Å². The number of nitrogens with zero attached hydrogens (tertiary/aromatic N) is 1. The standard InChI is InChI=1S/C20H24ClN3O3/c21-16-6-8-17(9-7-16)23-20(26)24-11-1-3-15(14-24)5-10-19(25)22-13-18-4-2-12-27-18/h2,4,6-9,12,15H,1,3,5,10-11,13-14H2,(H,22,25)(H,23,26). The molecule has 3 amide bonds. The van der Waals surface area contributed by atoms with Gasteiger partial charge in [-0.2, -0.15) is 0 Å². The van der Waals surface area contributed by atoms with Gasteiger partial charge >= 0.3 is 6.03 Å². The quantitative estimate of drug-likeness (QED) is 0.774. The lowest BCUT2D eigenvalue weighted by molar-refractivity contribution is -0.121. The van der Waals surface area contributed by atoms with Crippen molar-refractivity contribution in [2.75, 3.05) is 18.4 Å². The van der Waals surface area contributed by atoms with Crippen molar-refractivity contribution in [3.8, 4) is 0 Å². The molecule has 0 radical (unpaired) electrons. The molecule has 6 nitrogen and oxygen atoms in total. The fourth-order valence-electron chi connectivity index (χ4n) is 3.24. The van der Waals surface area contributed by atoms with Gasteiger partial charge in [-0.15, -0.1) is 0 Å². The third-order valence-corrected chi connectivity index (χ3v) is 4.97. The van der Waals surface area contributed by atoms with Crippen LogP contribution in [0.1, 0.15) is 31.4 Å². The van der Waals surface area contributed by atoms with Gasteiger partial charge in [0.1, 0.15) is 5.76 Å². The molecule has 1 atom stereocenters. The highest BCUT2D eigenvalue weighted by atomic mass is 35.5. The predicted molar refractivity (Wildman–Crippen MR) is 105 cm³/mol. The van der Waals surface area contributed by atoms with Crippen LogP contribution >= 0.6 is 11.6 Å². The van der Waals surface area contributed by atoms with Gasteiger partial charge in [-0.05, 0) is 61.6 Å². The number of halogens is 1. The molecule has 1 aromatic heterocycles. The molecule has 2 N–H and O–H groups in total. The molecule has 1 aliphatic heterocycles. The summed E-state index contributed by atoms with van der Waals surface area (Å²) in [6, 6.07) is 10.6. The van der Waals surface area contributed by atoms with Crippen LogP contribution in [0.15, 0.2) is 47.1 Å². The van der Waals surface area contributed by atoms with Gasteiger partial charge in [0.15, 0.2) is 0 Å². The smallest absolute Gasteiger partial charge is 0.321 e. The van der Waals surface area contributed by atoms with E-state index in [1.807, 2.05) is 11.0 Å². The largest absolute Gasteiger partial charge is 0.467 e. The zero-order chi connectivity index (χ0) is 19.1. The molecule has 0 bridgehead atoms. The summed E-state index contributed by atoms with van der Waals surface area (Å²) in [5, 5.41) is 6.39. The topological polar surface area (TPSA) is 74.6 Å². The maximum atomic E-state index is 12.5. The molecule has 1 saturated heterocycles. The van der Waals surface area contributed by atoms with E-state index < -0.39 is 0 Å². The van der Waals surface area contributed by atoms with Crippen molar-refractivity contribution in [1.29, 1.82) is 0 Å². The van der Waals surface area contributed by atoms with Gasteiger partial charge in [0.2, 0.25) is 5.91 Å². The number of carbonyl (C=O) groups excluding carboxylic acids is 2. The number of hydrogen-bond acceptors (Lipinski definition) is 3. The Balaban J connectivity index is 1.41. The molecule has 7 heteroatoms. The summed E-state index contributed by atoms with van der Waals surface area (Å²) in [5.41, 5.74) is 0.726. The van der Waals surface area contributed by atoms with Gasteiger partial charge < -0.3 is 20.0 Å². The molecule has 2 heterocycles. The minimum atomic E-state index is -0.107. The zero-order valence-electron chi connectivity index (χ0n) is 15.1. The first kappa shape index (κ1) is 19.3. The fraction of sp³-hybridized carbons (Fsp3) is 0.400. The Kier molecular flexibility index (Phi) is 6.76. The molecule has 3 rings (SSSR count). The normalized spacial score (nSPS) is 16.8. The van der Waals surface area contributed by atoms with E-state index >= 15 is 0 Å². The summed E-state index contributed by atoms with van der Waals surface area (Å²) in [5.74, 6) is 1.09. The van der Waals surface area contributed by atoms with Gasteiger partial charge in [-0.25, -0.2) is 4.79 Å². The summed E-state index contributed by atoms with van der Waals surface area (Å²) in [6.45, 7) is 1.82. The number of urea groups is 1. The Morgan fingerprint density at radius 2 is 2.04 bits per heavy atom. The van der Waals surface area contributed by atoms with Crippen LogP contribution in [0.2, 0.25) is 5.02 Å². The molecule has 1 fully saturated rings. The molecule has 0 aliphatic carbocycles. The van der Waals surface area contributed by atoms with Crippen LogP contribution in [0, 0.1) is 5.92 Å². The van der Waals surface area contributed by atoms with Crippen molar-refractivity contribution >= 4 is 29.2 Å². The maximum absolute atomic E-state index is 12.5. The van der Waals surface area contributed by atoms with Crippen molar-refractivity contribution in [3.05, 3.63) is 53.4 Å². The first-order valence-electron chi connectivity index (χ1n) is 9.21. The Morgan fingerprint density at radius 1 is 1.22 bits per heavy atom. The molecular weight excluding hydrogens is 366 g/mol.